The van der Waals surface area contributed by atoms with Crippen LogP contribution in [0.15, 0.2) is 18.2 Å². The van der Waals surface area contributed by atoms with Gasteiger partial charge in [-0.25, -0.2) is 0 Å². The molecule has 0 saturated carbocycles. The van der Waals surface area contributed by atoms with E-state index in [4.69, 9.17) is 5.73 Å². The first-order valence-electron chi connectivity index (χ1n) is 6.32. The highest BCUT2D eigenvalue weighted by molar-refractivity contribution is 5.30. The molecule has 1 rings (SSSR count). The third-order valence-electron chi connectivity index (χ3n) is 3.34. The van der Waals surface area contributed by atoms with Gasteiger partial charge in [0, 0.05) is 6.04 Å². The maximum atomic E-state index is 6.04. The van der Waals surface area contributed by atoms with Crippen LogP contribution in [0.1, 0.15) is 43.4 Å². The van der Waals surface area contributed by atoms with Gasteiger partial charge in [0.2, 0.25) is 0 Å². The average molecular weight is 219 g/mol. The second-order valence-corrected chi connectivity index (χ2v) is 5.23. The van der Waals surface area contributed by atoms with Crippen LogP contribution >= 0.6 is 0 Å². The Morgan fingerprint density at radius 2 is 1.88 bits per heavy atom. The standard InChI is InChI=1S/C15H25N/c1-11(2)15(16)7-5-6-14-9-8-12(3)10-13(14)4/h8-11,15H,5-7,16H2,1-4H3. The van der Waals surface area contributed by atoms with Crippen LogP contribution in [0, 0.1) is 19.8 Å². The molecule has 90 valence electrons. The van der Waals surface area contributed by atoms with Crippen molar-refractivity contribution < 1.29 is 0 Å². The molecular weight excluding hydrogens is 194 g/mol. The second-order valence-electron chi connectivity index (χ2n) is 5.23. The molecule has 0 bridgehead atoms. The molecule has 1 aromatic rings. The van der Waals surface area contributed by atoms with Gasteiger partial charge in [-0.05, 0) is 50.2 Å². The van der Waals surface area contributed by atoms with Crippen molar-refractivity contribution in [1.82, 2.24) is 0 Å². The Kier molecular flexibility index (Phi) is 5.01. The Labute approximate surface area is 100 Å². The van der Waals surface area contributed by atoms with E-state index in [1.807, 2.05) is 0 Å². The third kappa shape index (κ3) is 3.97. The fraction of sp³-hybridized carbons (Fsp3) is 0.600. The highest BCUT2D eigenvalue weighted by atomic mass is 14.6. The van der Waals surface area contributed by atoms with Crippen molar-refractivity contribution in [2.75, 3.05) is 0 Å². The van der Waals surface area contributed by atoms with Crippen molar-refractivity contribution in [2.24, 2.45) is 11.7 Å². The van der Waals surface area contributed by atoms with Crippen LogP contribution in [-0.2, 0) is 6.42 Å². The molecule has 1 heteroatoms. The van der Waals surface area contributed by atoms with Crippen LogP contribution in [0.3, 0.4) is 0 Å². The molecule has 0 fully saturated rings. The van der Waals surface area contributed by atoms with Crippen molar-refractivity contribution in [1.29, 1.82) is 0 Å². The summed E-state index contributed by atoms with van der Waals surface area (Å²) in [4.78, 5) is 0. The number of aryl methyl sites for hydroxylation is 3. The number of benzene rings is 1. The molecule has 0 aliphatic carbocycles. The van der Waals surface area contributed by atoms with E-state index in [2.05, 4.69) is 45.9 Å². The minimum atomic E-state index is 0.353. The Balaban J connectivity index is 2.43. The van der Waals surface area contributed by atoms with Gasteiger partial charge in [-0.1, -0.05) is 37.6 Å². The molecule has 1 nitrogen and oxygen atoms in total. The number of nitrogens with two attached hydrogens (primary N) is 1. The van der Waals surface area contributed by atoms with Crippen molar-refractivity contribution in [3.8, 4) is 0 Å². The first kappa shape index (κ1) is 13.2. The SMILES string of the molecule is Cc1ccc(CCCC(N)C(C)C)c(C)c1. The van der Waals surface area contributed by atoms with E-state index in [1.165, 1.54) is 23.1 Å². The topological polar surface area (TPSA) is 26.0 Å². The van der Waals surface area contributed by atoms with Crippen molar-refractivity contribution in [2.45, 2.75) is 53.0 Å². The molecule has 0 amide bonds. The van der Waals surface area contributed by atoms with E-state index in [-0.39, 0.29) is 0 Å². The fourth-order valence-electron chi connectivity index (χ4n) is 1.99. The van der Waals surface area contributed by atoms with Gasteiger partial charge in [-0.15, -0.1) is 0 Å². The summed E-state index contributed by atoms with van der Waals surface area (Å²) in [5.74, 6) is 0.596. The Hall–Kier alpha value is -0.820. The van der Waals surface area contributed by atoms with Gasteiger partial charge >= 0.3 is 0 Å². The minimum Gasteiger partial charge on any atom is -0.327 e. The zero-order chi connectivity index (χ0) is 12.1. The molecule has 0 aliphatic rings. The third-order valence-corrected chi connectivity index (χ3v) is 3.34. The molecule has 0 spiro atoms. The van der Waals surface area contributed by atoms with Crippen LogP contribution in [0.4, 0.5) is 0 Å². The molecule has 0 aromatic heterocycles. The summed E-state index contributed by atoms with van der Waals surface area (Å²) in [5.41, 5.74) is 10.3. The number of rotatable bonds is 5. The minimum absolute atomic E-state index is 0.353. The van der Waals surface area contributed by atoms with Crippen LogP contribution in [0.2, 0.25) is 0 Å². The largest absolute Gasteiger partial charge is 0.327 e. The predicted molar refractivity (Wildman–Crippen MR) is 71.7 cm³/mol. The number of hydrogen-bond donors (Lipinski definition) is 1. The summed E-state index contributed by atoms with van der Waals surface area (Å²) >= 11 is 0. The summed E-state index contributed by atoms with van der Waals surface area (Å²) in [6, 6.07) is 7.07. The average Bonchev–Trinajstić information content (AvgIpc) is 2.20. The first-order chi connectivity index (χ1) is 7.50. The lowest BCUT2D eigenvalue weighted by atomic mass is 9.96. The van der Waals surface area contributed by atoms with Crippen LogP contribution in [0.25, 0.3) is 0 Å². The van der Waals surface area contributed by atoms with Gasteiger partial charge in [-0.3, -0.25) is 0 Å². The smallest absolute Gasteiger partial charge is 0.00620 e. The quantitative estimate of drug-likeness (QED) is 0.804. The highest BCUT2D eigenvalue weighted by Crippen LogP contribution is 2.15. The zero-order valence-corrected chi connectivity index (χ0v) is 11.1. The Morgan fingerprint density at radius 3 is 2.44 bits per heavy atom. The molecule has 1 atom stereocenters. The maximum absolute atomic E-state index is 6.04. The lowest BCUT2D eigenvalue weighted by Gasteiger charge is -2.15. The summed E-state index contributed by atoms with van der Waals surface area (Å²) in [6.45, 7) is 8.74. The monoisotopic (exact) mass is 219 g/mol. The molecule has 0 heterocycles. The van der Waals surface area contributed by atoms with Crippen LogP contribution in [0.5, 0.6) is 0 Å². The van der Waals surface area contributed by atoms with E-state index in [0.29, 0.717) is 12.0 Å². The lowest BCUT2D eigenvalue weighted by Crippen LogP contribution is -2.26. The first-order valence-corrected chi connectivity index (χ1v) is 6.32. The van der Waals surface area contributed by atoms with Crippen molar-refractivity contribution >= 4 is 0 Å². The highest BCUT2D eigenvalue weighted by Gasteiger charge is 2.07. The van der Waals surface area contributed by atoms with Crippen LogP contribution in [-0.4, -0.2) is 6.04 Å². The van der Waals surface area contributed by atoms with E-state index in [1.54, 1.807) is 0 Å². The summed E-state index contributed by atoms with van der Waals surface area (Å²) in [7, 11) is 0. The Morgan fingerprint density at radius 1 is 1.19 bits per heavy atom. The van der Waals surface area contributed by atoms with Gasteiger partial charge < -0.3 is 5.73 Å². The molecular formula is C15H25N. The van der Waals surface area contributed by atoms with E-state index in [0.717, 1.165) is 12.8 Å². The van der Waals surface area contributed by atoms with Gasteiger partial charge in [0.15, 0.2) is 0 Å². The van der Waals surface area contributed by atoms with Gasteiger partial charge in [0.25, 0.3) is 0 Å². The lowest BCUT2D eigenvalue weighted by molar-refractivity contribution is 0.452. The molecule has 16 heavy (non-hydrogen) atoms. The van der Waals surface area contributed by atoms with E-state index in [9.17, 15) is 0 Å². The molecule has 0 aliphatic heterocycles. The summed E-state index contributed by atoms with van der Waals surface area (Å²) < 4.78 is 0. The van der Waals surface area contributed by atoms with Crippen LogP contribution < -0.4 is 5.73 Å². The second kappa shape index (κ2) is 6.05. The predicted octanol–water partition coefficient (Wildman–Crippen LogP) is 3.61. The summed E-state index contributed by atoms with van der Waals surface area (Å²) in [5, 5.41) is 0. The van der Waals surface area contributed by atoms with Crippen molar-refractivity contribution in [3.05, 3.63) is 34.9 Å². The molecule has 0 radical (unpaired) electrons. The molecule has 0 saturated heterocycles. The number of hydrogen-bond acceptors (Lipinski definition) is 1. The fourth-order valence-corrected chi connectivity index (χ4v) is 1.99. The molecule has 2 N–H and O–H groups in total. The Bertz CT molecular complexity index is 328. The maximum Gasteiger partial charge on any atom is 0.00620 e. The van der Waals surface area contributed by atoms with Crippen molar-refractivity contribution in [3.63, 3.8) is 0 Å². The summed E-state index contributed by atoms with van der Waals surface area (Å²) in [6.07, 6.45) is 3.49. The zero-order valence-electron chi connectivity index (χ0n) is 11.1. The normalized spacial score (nSPS) is 13.1. The van der Waals surface area contributed by atoms with Gasteiger partial charge in [0.1, 0.15) is 0 Å². The molecule has 1 aromatic carbocycles. The van der Waals surface area contributed by atoms with Gasteiger partial charge in [-0.2, -0.15) is 0 Å². The molecule has 1 unspecified atom stereocenters. The van der Waals surface area contributed by atoms with E-state index >= 15 is 0 Å². The van der Waals surface area contributed by atoms with Gasteiger partial charge in [0.05, 0.1) is 0 Å². The van der Waals surface area contributed by atoms with E-state index < -0.39 is 0 Å².